The maximum atomic E-state index is 15.1. The molecule has 0 radical (unpaired) electrons. The highest BCUT2D eigenvalue weighted by Crippen LogP contribution is 2.41. The number of nitriles is 1. The smallest absolute Gasteiger partial charge is 0.246 e. The molecular formula is C46H37N5O3S. The van der Waals surface area contributed by atoms with Gasteiger partial charge < -0.3 is 9.47 Å². The number of hydrogen-bond donors (Lipinski definition) is 0. The van der Waals surface area contributed by atoms with E-state index in [-0.39, 0.29) is 30.3 Å². The van der Waals surface area contributed by atoms with Crippen molar-refractivity contribution < 1.29 is 13.2 Å². The van der Waals surface area contributed by atoms with Crippen LogP contribution in [-0.4, -0.2) is 34.2 Å². The lowest BCUT2D eigenvalue weighted by Gasteiger charge is -2.37. The molecule has 0 aliphatic carbocycles. The highest BCUT2D eigenvalue weighted by atomic mass is 32.2. The van der Waals surface area contributed by atoms with Gasteiger partial charge in [0.15, 0.2) is 0 Å². The number of amides is 1. The van der Waals surface area contributed by atoms with Gasteiger partial charge in [0.05, 0.1) is 35.1 Å². The van der Waals surface area contributed by atoms with E-state index in [9.17, 15) is 13.7 Å². The van der Waals surface area contributed by atoms with E-state index in [2.05, 4.69) is 47.0 Å². The molecule has 9 heteroatoms. The molecule has 1 unspecified atom stereocenters. The highest BCUT2D eigenvalue weighted by molar-refractivity contribution is 7.89. The quantitative estimate of drug-likeness (QED) is 0.133. The van der Waals surface area contributed by atoms with Crippen LogP contribution in [0.5, 0.6) is 0 Å². The van der Waals surface area contributed by atoms with Gasteiger partial charge in [0.25, 0.3) is 0 Å². The van der Waals surface area contributed by atoms with E-state index in [4.69, 9.17) is 4.98 Å². The topological polar surface area (TPSA) is 99.3 Å². The zero-order valence-electron chi connectivity index (χ0n) is 29.9. The third-order valence-electron chi connectivity index (χ3n) is 10.3. The summed E-state index contributed by atoms with van der Waals surface area (Å²) in [6.07, 6.45) is 3.92. The molecule has 0 bridgehead atoms. The normalized spacial score (nSPS) is 14.9. The van der Waals surface area contributed by atoms with E-state index in [1.54, 1.807) is 59.8 Å². The average Bonchev–Trinajstić information content (AvgIpc) is 3.67. The second-order valence-electron chi connectivity index (χ2n) is 13.5. The highest BCUT2D eigenvalue weighted by Gasteiger charge is 2.43. The molecule has 1 aliphatic heterocycles. The van der Waals surface area contributed by atoms with Gasteiger partial charge in [-0.3, -0.25) is 4.79 Å². The predicted octanol–water partition coefficient (Wildman–Crippen LogP) is 7.94. The Bertz CT molecular complexity index is 2480. The number of nitrogens with zero attached hydrogens (tertiary/aromatic N) is 5. The molecule has 8 rings (SSSR count). The van der Waals surface area contributed by atoms with Crippen LogP contribution in [0.1, 0.15) is 39.1 Å². The van der Waals surface area contributed by atoms with Gasteiger partial charge >= 0.3 is 0 Å². The molecule has 1 aliphatic rings. The molecule has 1 amide bonds. The van der Waals surface area contributed by atoms with E-state index in [1.165, 1.54) is 4.31 Å². The van der Waals surface area contributed by atoms with Crippen LogP contribution in [0.25, 0.3) is 0 Å². The summed E-state index contributed by atoms with van der Waals surface area (Å²) < 4.78 is 32.4. The summed E-state index contributed by atoms with van der Waals surface area (Å²) in [5, 5.41) is 9.90. The van der Waals surface area contributed by atoms with Gasteiger partial charge in [-0.1, -0.05) is 140 Å². The number of rotatable bonds is 10. The van der Waals surface area contributed by atoms with Crippen molar-refractivity contribution in [3.05, 3.63) is 221 Å². The number of carbonyl (C=O) groups excluding carboxylic acids is 1. The first-order valence-corrected chi connectivity index (χ1v) is 19.5. The SMILES string of the molecule is N#Cc1ccc2c(c1)CN(S(=O)(=O)c1ccccc1)C(Cc1ccccc1)C(=O)N2Cc1cn(C(c2ccccc2)(c2ccccc2)c2ccccc2)cn1. The number of benzene rings is 6. The number of imidazole rings is 1. The first-order valence-electron chi connectivity index (χ1n) is 18.0. The summed E-state index contributed by atoms with van der Waals surface area (Å²) >= 11 is 0. The minimum atomic E-state index is -4.17. The second kappa shape index (κ2) is 15.0. The lowest BCUT2D eigenvalue weighted by Crippen LogP contribution is -2.49. The number of hydrogen-bond acceptors (Lipinski definition) is 5. The van der Waals surface area contributed by atoms with Crippen molar-refractivity contribution in [3.63, 3.8) is 0 Å². The van der Waals surface area contributed by atoms with E-state index < -0.39 is 21.6 Å². The largest absolute Gasteiger partial charge is 0.319 e. The van der Waals surface area contributed by atoms with Gasteiger partial charge in [-0.05, 0) is 64.6 Å². The summed E-state index contributed by atoms with van der Waals surface area (Å²) in [4.78, 5) is 21.8. The molecule has 270 valence electrons. The van der Waals surface area contributed by atoms with Crippen molar-refractivity contribution in [2.45, 2.75) is 36.0 Å². The Kier molecular flexibility index (Phi) is 9.68. The van der Waals surface area contributed by atoms with Crippen molar-refractivity contribution in [2.75, 3.05) is 4.90 Å². The molecule has 0 N–H and O–H groups in total. The van der Waals surface area contributed by atoms with Crippen molar-refractivity contribution >= 4 is 21.6 Å². The van der Waals surface area contributed by atoms with Gasteiger partial charge in [0.2, 0.25) is 15.9 Å². The summed E-state index contributed by atoms with van der Waals surface area (Å²) in [6.45, 7) is -0.0426. The van der Waals surface area contributed by atoms with E-state index in [0.29, 0.717) is 22.5 Å². The van der Waals surface area contributed by atoms with Gasteiger partial charge in [-0.25, -0.2) is 13.4 Å². The summed E-state index contributed by atoms with van der Waals surface area (Å²) in [5.74, 6) is -0.387. The van der Waals surface area contributed by atoms with Crippen molar-refractivity contribution in [1.82, 2.24) is 13.9 Å². The van der Waals surface area contributed by atoms with Crippen LogP contribution in [0.15, 0.2) is 187 Å². The molecule has 1 aromatic heterocycles. The van der Waals surface area contributed by atoms with Gasteiger partial charge in [-0.2, -0.15) is 9.57 Å². The van der Waals surface area contributed by atoms with Gasteiger partial charge in [0, 0.05) is 18.4 Å². The first-order chi connectivity index (χ1) is 26.9. The minimum absolute atomic E-state index is 0.0592. The fourth-order valence-corrected chi connectivity index (χ4v) is 9.27. The lowest BCUT2D eigenvalue weighted by molar-refractivity contribution is -0.122. The Hall–Kier alpha value is -6.60. The van der Waals surface area contributed by atoms with Crippen LogP contribution >= 0.6 is 0 Å². The molecule has 6 aromatic carbocycles. The van der Waals surface area contributed by atoms with Crippen LogP contribution in [0.2, 0.25) is 0 Å². The summed E-state index contributed by atoms with van der Waals surface area (Å²) in [5.41, 5.74) is 5.15. The number of sulfonamides is 1. The molecule has 8 nitrogen and oxygen atoms in total. The molecule has 0 saturated carbocycles. The molecule has 0 spiro atoms. The Balaban J connectivity index is 1.27. The Labute approximate surface area is 321 Å². The number of carbonyl (C=O) groups is 1. The molecule has 7 aromatic rings. The number of aromatic nitrogens is 2. The predicted molar refractivity (Wildman–Crippen MR) is 212 cm³/mol. The fourth-order valence-electron chi connectivity index (χ4n) is 7.69. The molecule has 0 saturated heterocycles. The maximum absolute atomic E-state index is 15.1. The van der Waals surface area contributed by atoms with Crippen LogP contribution in [0.3, 0.4) is 0 Å². The average molecular weight is 740 g/mol. The summed E-state index contributed by atoms with van der Waals surface area (Å²) in [6, 6.07) is 54.6. The maximum Gasteiger partial charge on any atom is 0.246 e. The van der Waals surface area contributed by atoms with Crippen LogP contribution in [-0.2, 0) is 39.9 Å². The zero-order valence-corrected chi connectivity index (χ0v) is 30.7. The molecule has 1 atom stereocenters. The first kappa shape index (κ1) is 35.4. The van der Waals surface area contributed by atoms with E-state index >= 15 is 4.79 Å². The van der Waals surface area contributed by atoms with Crippen LogP contribution in [0, 0.1) is 11.3 Å². The lowest BCUT2D eigenvalue weighted by atomic mass is 9.77. The Morgan fingerprint density at radius 1 is 0.709 bits per heavy atom. The third-order valence-corrected chi connectivity index (χ3v) is 12.1. The Morgan fingerprint density at radius 3 is 1.78 bits per heavy atom. The number of anilines is 1. The molecule has 55 heavy (non-hydrogen) atoms. The molecular weight excluding hydrogens is 703 g/mol. The van der Waals surface area contributed by atoms with E-state index in [0.717, 1.165) is 22.3 Å². The molecule has 2 heterocycles. The number of fused-ring (bicyclic) bond motifs is 1. The van der Waals surface area contributed by atoms with Crippen molar-refractivity contribution in [3.8, 4) is 6.07 Å². The summed E-state index contributed by atoms with van der Waals surface area (Å²) in [7, 11) is -4.17. The standard InChI is InChI=1S/C46H37N5O3S/c47-30-36-26-27-43-37(28-36)31-51(55(53,54)42-24-14-5-15-25-42)44(29-35-16-6-1-7-17-35)45(52)50(43)33-41-32-49(34-48-41)46(38-18-8-2-9-19-38,39-20-10-3-11-21-39)40-22-12-4-13-23-40/h1-28,32,34,44H,29,31,33H2. The third kappa shape index (κ3) is 6.63. The van der Waals surface area contributed by atoms with Crippen molar-refractivity contribution in [2.24, 2.45) is 0 Å². The van der Waals surface area contributed by atoms with Crippen LogP contribution in [0.4, 0.5) is 5.69 Å². The monoisotopic (exact) mass is 739 g/mol. The van der Waals surface area contributed by atoms with Gasteiger partial charge in [0.1, 0.15) is 11.6 Å². The minimum Gasteiger partial charge on any atom is -0.319 e. The second-order valence-corrected chi connectivity index (χ2v) is 15.4. The Morgan fingerprint density at radius 2 is 1.24 bits per heavy atom. The molecule has 0 fully saturated rings. The van der Waals surface area contributed by atoms with Crippen LogP contribution < -0.4 is 4.90 Å². The van der Waals surface area contributed by atoms with E-state index in [1.807, 2.05) is 91.1 Å². The van der Waals surface area contributed by atoms with Gasteiger partial charge in [-0.15, -0.1) is 0 Å². The van der Waals surface area contributed by atoms with Crippen molar-refractivity contribution in [1.29, 1.82) is 5.26 Å². The fraction of sp³-hybridized carbons (Fsp3) is 0.109. The zero-order chi connectivity index (χ0) is 37.8.